The van der Waals surface area contributed by atoms with E-state index in [9.17, 15) is 18.0 Å². The van der Waals surface area contributed by atoms with Crippen molar-refractivity contribution in [1.82, 2.24) is 9.80 Å². The maximum Gasteiger partial charge on any atom is 0.573 e. The van der Waals surface area contributed by atoms with Gasteiger partial charge >= 0.3 is 6.36 Å². The topological polar surface area (TPSA) is 51.2 Å². The fourth-order valence-electron chi connectivity index (χ4n) is 3.46. The molecule has 6 nitrogen and oxygen atoms in total. The molecule has 32 heavy (non-hydrogen) atoms. The van der Waals surface area contributed by atoms with Crippen molar-refractivity contribution in [2.24, 2.45) is 0 Å². The third-order valence-electron chi connectivity index (χ3n) is 5.03. The number of ether oxygens (including phenoxy) is 3. The summed E-state index contributed by atoms with van der Waals surface area (Å²) in [6.07, 6.45) is -4.70. The molecule has 0 saturated carbocycles. The van der Waals surface area contributed by atoms with E-state index in [4.69, 9.17) is 9.47 Å². The van der Waals surface area contributed by atoms with E-state index in [0.29, 0.717) is 63.9 Å². The number of para-hydroxylation sites is 1. The lowest BCUT2D eigenvalue weighted by molar-refractivity contribution is -0.274. The third-order valence-corrected chi connectivity index (χ3v) is 5.03. The van der Waals surface area contributed by atoms with E-state index in [2.05, 4.69) is 9.64 Å². The lowest BCUT2D eigenvalue weighted by atomic mass is 10.1. The maximum atomic E-state index is 13.0. The molecule has 1 heterocycles. The second-order valence-corrected chi connectivity index (χ2v) is 7.30. The largest absolute Gasteiger partial charge is 0.573 e. The molecule has 0 aromatic heterocycles. The van der Waals surface area contributed by atoms with E-state index in [1.807, 2.05) is 19.1 Å². The molecule has 1 amide bonds. The number of halogens is 3. The molecule has 3 rings (SSSR count). The standard InChI is InChI=1S/C23H27F3N2O4/c1-2-30-15-16-31-21-6-4-3-5-20(21)22(29)28-13-11-27(12-14-28)17-18-7-9-19(10-8-18)32-23(24,25)26/h3-10H,2,11-17H2,1H3. The molecule has 1 saturated heterocycles. The average Bonchev–Trinajstić information content (AvgIpc) is 2.77. The summed E-state index contributed by atoms with van der Waals surface area (Å²) >= 11 is 0. The molecule has 1 aliphatic heterocycles. The highest BCUT2D eigenvalue weighted by Gasteiger charge is 2.31. The minimum atomic E-state index is -4.70. The van der Waals surface area contributed by atoms with E-state index < -0.39 is 6.36 Å². The van der Waals surface area contributed by atoms with Gasteiger partial charge in [-0.05, 0) is 36.8 Å². The normalized spacial score (nSPS) is 14.9. The zero-order chi connectivity index (χ0) is 23.0. The van der Waals surface area contributed by atoms with Gasteiger partial charge in [0.05, 0.1) is 12.2 Å². The van der Waals surface area contributed by atoms with E-state index in [1.165, 1.54) is 12.1 Å². The van der Waals surface area contributed by atoms with Crippen LogP contribution in [-0.4, -0.2) is 68.1 Å². The second kappa shape index (κ2) is 11.2. The van der Waals surface area contributed by atoms with Gasteiger partial charge < -0.3 is 19.1 Å². The van der Waals surface area contributed by atoms with Gasteiger partial charge in [0.2, 0.25) is 0 Å². The number of nitrogens with zero attached hydrogens (tertiary/aromatic N) is 2. The van der Waals surface area contributed by atoms with E-state index in [0.717, 1.165) is 5.56 Å². The lowest BCUT2D eigenvalue weighted by Crippen LogP contribution is -2.48. The van der Waals surface area contributed by atoms with Crippen LogP contribution in [0.3, 0.4) is 0 Å². The highest BCUT2D eigenvalue weighted by molar-refractivity contribution is 5.97. The van der Waals surface area contributed by atoms with Crippen LogP contribution in [0.1, 0.15) is 22.8 Å². The van der Waals surface area contributed by atoms with Gasteiger partial charge in [-0.1, -0.05) is 24.3 Å². The predicted octanol–water partition coefficient (Wildman–Crippen LogP) is 3.96. The van der Waals surface area contributed by atoms with Crippen molar-refractivity contribution in [2.75, 3.05) is 46.0 Å². The van der Waals surface area contributed by atoms with Crippen molar-refractivity contribution in [2.45, 2.75) is 19.8 Å². The Labute approximate surface area is 185 Å². The summed E-state index contributed by atoms with van der Waals surface area (Å²) < 4.78 is 51.7. The summed E-state index contributed by atoms with van der Waals surface area (Å²) in [7, 11) is 0. The monoisotopic (exact) mass is 452 g/mol. The van der Waals surface area contributed by atoms with Crippen LogP contribution in [0.4, 0.5) is 13.2 Å². The Morgan fingerprint density at radius 1 is 0.969 bits per heavy atom. The Morgan fingerprint density at radius 2 is 1.66 bits per heavy atom. The Morgan fingerprint density at radius 3 is 2.31 bits per heavy atom. The van der Waals surface area contributed by atoms with E-state index in [-0.39, 0.29) is 11.7 Å². The number of benzene rings is 2. The van der Waals surface area contributed by atoms with Crippen molar-refractivity contribution in [1.29, 1.82) is 0 Å². The number of rotatable bonds is 9. The Hall–Kier alpha value is -2.78. The lowest BCUT2D eigenvalue weighted by Gasteiger charge is -2.35. The first-order valence-corrected chi connectivity index (χ1v) is 10.5. The predicted molar refractivity (Wildman–Crippen MR) is 113 cm³/mol. The number of carbonyl (C=O) groups is 1. The molecule has 1 aliphatic rings. The molecule has 0 radical (unpaired) electrons. The van der Waals surface area contributed by atoms with Gasteiger partial charge in [0.25, 0.3) is 5.91 Å². The van der Waals surface area contributed by atoms with E-state index >= 15 is 0 Å². The fraction of sp³-hybridized carbons (Fsp3) is 0.435. The quantitative estimate of drug-likeness (QED) is 0.539. The molecule has 2 aromatic carbocycles. The van der Waals surface area contributed by atoms with Crippen molar-refractivity contribution in [3.05, 3.63) is 59.7 Å². The molecular formula is C23H27F3N2O4. The molecule has 0 N–H and O–H groups in total. The average molecular weight is 452 g/mol. The summed E-state index contributed by atoms with van der Waals surface area (Å²) in [6, 6.07) is 13.0. The Kier molecular flexibility index (Phi) is 8.35. The van der Waals surface area contributed by atoms with Gasteiger partial charge in [-0.15, -0.1) is 13.2 Å². The van der Waals surface area contributed by atoms with Crippen LogP contribution in [-0.2, 0) is 11.3 Å². The summed E-state index contributed by atoms with van der Waals surface area (Å²) in [5.41, 5.74) is 1.41. The summed E-state index contributed by atoms with van der Waals surface area (Å²) in [6.45, 7) is 6.39. The molecule has 0 spiro atoms. The number of carbonyl (C=O) groups excluding carboxylic acids is 1. The molecule has 1 fully saturated rings. The van der Waals surface area contributed by atoms with Crippen molar-refractivity contribution < 1.29 is 32.2 Å². The summed E-state index contributed by atoms with van der Waals surface area (Å²) in [4.78, 5) is 17.0. The number of piperazine rings is 1. The Balaban J connectivity index is 1.51. The number of hydrogen-bond donors (Lipinski definition) is 0. The van der Waals surface area contributed by atoms with Crippen LogP contribution >= 0.6 is 0 Å². The van der Waals surface area contributed by atoms with Crippen molar-refractivity contribution in [3.8, 4) is 11.5 Å². The van der Waals surface area contributed by atoms with Gasteiger partial charge in [0, 0.05) is 39.3 Å². The van der Waals surface area contributed by atoms with Gasteiger partial charge in [0.15, 0.2) is 0 Å². The molecule has 174 valence electrons. The van der Waals surface area contributed by atoms with Crippen LogP contribution < -0.4 is 9.47 Å². The number of hydrogen-bond acceptors (Lipinski definition) is 5. The SMILES string of the molecule is CCOCCOc1ccccc1C(=O)N1CCN(Cc2ccc(OC(F)(F)F)cc2)CC1. The van der Waals surface area contributed by atoms with Gasteiger partial charge in [-0.2, -0.15) is 0 Å². The molecule has 9 heteroatoms. The first-order valence-electron chi connectivity index (χ1n) is 10.5. The third kappa shape index (κ3) is 7.13. The van der Waals surface area contributed by atoms with Crippen LogP contribution in [0, 0.1) is 0 Å². The molecular weight excluding hydrogens is 425 g/mol. The van der Waals surface area contributed by atoms with Crippen LogP contribution in [0.15, 0.2) is 48.5 Å². The van der Waals surface area contributed by atoms with E-state index in [1.54, 1.807) is 29.2 Å². The minimum Gasteiger partial charge on any atom is -0.490 e. The zero-order valence-corrected chi connectivity index (χ0v) is 17.9. The van der Waals surface area contributed by atoms with Crippen molar-refractivity contribution in [3.63, 3.8) is 0 Å². The minimum absolute atomic E-state index is 0.0784. The first kappa shape index (κ1) is 23.9. The maximum absolute atomic E-state index is 13.0. The zero-order valence-electron chi connectivity index (χ0n) is 17.9. The van der Waals surface area contributed by atoms with Gasteiger partial charge in [-0.3, -0.25) is 9.69 Å². The molecule has 0 atom stereocenters. The molecule has 2 aromatic rings. The molecule has 0 unspecified atom stereocenters. The van der Waals surface area contributed by atoms with Crippen LogP contribution in [0.2, 0.25) is 0 Å². The van der Waals surface area contributed by atoms with Gasteiger partial charge in [0.1, 0.15) is 18.1 Å². The van der Waals surface area contributed by atoms with Crippen molar-refractivity contribution >= 4 is 5.91 Å². The fourth-order valence-corrected chi connectivity index (χ4v) is 3.46. The van der Waals surface area contributed by atoms with Crippen LogP contribution in [0.5, 0.6) is 11.5 Å². The molecule has 0 bridgehead atoms. The van der Waals surface area contributed by atoms with Crippen LogP contribution in [0.25, 0.3) is 0 Å². The number of alkyl halides is 3. The highest BCUT2D eigenvalue weighted by atomic mass is 19.4. The summed E-state index contributed by atoms with van der Waals surface area (Å²) in [5, 5.41) is 0. The highest BCUT2D eigenvalue weighted by Crippen LogP contribution is 2.24. The summed E-state index contributed by atoms with van der Waals surface area (Å²) in [5.74, 6) is 0.227. The van der Waals surface area contributed by atoms with Gasteiger partial charge in [-0.25, -0.2) is 0 Å². The first-order chi connectivity index (χ1) is 15.4. The molecule has 0 aliphatic carbocycles. The second-order valence-electron chi connectivity index (χ2n) is 7.30. The Bertz CT molecular complexity index is 866. The smallest absolute Gasteiger partial charge is 0.490 e. The number of amides is 1.